The lowest BCUT2D eigenvalue weighted by molar-refractivity contribution is -0.117. The Bertz CT molecular complexity index is 654. The van der Waals surface area contributed by atoms with E-state index >= 15 is 0 Å². The number of aliphatic hydroxyl groups is 1. The van der Waals surface area contributed by atoms with E-state index in [9.17, 15) is 9.90 Å². The zero-order valence-corrected chi connectivity index (χ0v) is 11.7. The highest BCUT2D eigenvalue weighted by Crippen LogP contribution is 2.26. The van der Waals surface area contributed by atoms with Gasteiger partial charge in [0, 0.05) is 19.2 Å². The molecule has 1 fully saturated rings. The number of aromatic nitrogens is 3. The van der Waals surface area contributed by atoms with Crippen LogP contribution in [0.1, 0.15) is 6.42 Å². The van der Waals surface area contributed by atoms with Crippen LogP contribution in [0.2, 0.25) is 0 Å². The molecular weight excluding hydrogens is 270 g/mol. The highest BCUT2D eigenvalue weighted by molar-refractivity contribution is 5.98. The Hall–Kier alpha value is -2.25. The van der Waals surface area contributed by atoms with Crippen LogP contribution in [0.3, 0.4) is 0 Å². The van der Waals surface area contributed by atoms with Gasteiger partial charge in [-0.1, -0.05) is 12.1 Å². The van der Waals surface area contributed by atoms with Gasteiger partial charge in [-0.25, -0.2) is 0 Å². The molecule has 0 spiro atoms. The normalized spacial score (nSPS) is 21.4. The van der Waals surface area contributed by atoms with Crippen LogP contribution < -0.4 is 10.6 Å². The third kappa shape index (κ3) is 2.79. The minimum absolute atomic E-state index is 0.152. The average molecular weight is 287 g/mol. The van der Waals surface area contributed by atoms with E-state index < -0.39 is 6.10 Å². The van der Waals surface area contributed by atoms with E-state index in [2.05, 4.69) is 20.8 Å². The summed E-state index contributed by atoms with van der Waals surface area (Å²) >= 11 is 0. The van der Waals surface area contributed by atoms with Crippen molar-refractivity contribution in [2.75, 3.05) is 11.9 Å². The number of anilines is 1. The van der Waals surface area contributed by atoms with Crippen LogP contribution in [-0.2, 0) is 11.8 Å². The van der Waals surface area contributed by atoms with Gasteiger partial charge < -0.3 is 20.3 Å². The van der Waals surface area contributed by atoms with E-state index in [0.29, 0.717) is 24.5 Å². The number of hydrogen-bond acceptors (Lipinski definition) is 5. The van der Waals surface area contributed by atoms with Crippen molar-refractivity contribution >= 4 is 11.6 Å². The first-order chi connectivity index (χ1) is 10.1. The fourth-order valence-electron chi connectivity index (χ4n) is 2.45. The molecule has 0 saturated carbocycles. The molecule has 3 N–H and O–H groups in total. The van der Waals surface area contributed by atoms with Gasteiger partial charge in [-0.15, -0.1) is 10.2 Å². The molecule has 1 aliphatic rings. The molecule has 2 unspecified atom stereocenters. The molecule has 1 amide bonds. The summed E-state index contributed by atoms with van der Waals surface area (Å²) in [5.74, 6) is 0.534. The van der Waals surface area contributed by atoms with Crippen molar-refractivity contribution < 1.29 is 9.90 Å². The van der Waals surface area contributed by atoms with Crippen molar-refractivity contribution in [3.63, 3.8) is 0 Å². The summed E-state index contributed by atoms with van der Waals surface area (Å²) in [6, 6.07) is 7.08. The number of nitrogens with zero attached hydrogens (tertiary/aromatic N) is 3. The van der Waals surface area contributed by atoms with Gasteiger partial charge in [0.2, 0.25) is 5.91 Å². The third-order valence-corrected chi connectivity index (χ3v) is 3.56. The second-order valence-corrected chi connectivity index (χ2v) is 5.15. The summed E-state index contributed by atoms with van der Waals surface area (Å²) in [4.78, 5) is 12.2. The van der Waals surface area contributed by atoms with E-state index in [4.69, 9.17) is 0 Å². The fourth-order valence-corrected chi connectivity index (χ4v) is 2.45. The molecule has 1 aliphatic heterocycles. The summed E-state index contributed by atoms with van der Waals surface area (Å²) in [5, 5.41) is 23.3. The predicted octanol–water partition coefficient (Wildman–Crippen LogP) is 0.143. The molecule has 1 saturated heterocycles. The maximum atomic E-state index is 12.2. The maximum absolute atomic E-state index is 12.2. The number of rotatable bonds is 3. The van der Waals surface area contributed by atoms with Gasteiger partial charge in [0.25, 0.3) is 0 Å². The number of nitrogens with one attached hydrogen (secondary N) is 2. The lowest BCUT2D eigenvalue weighted by Crippen LogP contribution is -2.35. The molecule has 0 aliphatic carbocycles. The Balaban J connectivity index is 1.83. The molecule has 21 heavy (non-hydrogen) atoms. The molecular formula is C14H17N5O2. The zero-order valence-electron chi connectivity index (χ0n) is 11.7. The summed E-state index contributed by atoms with van der Waals surface area (Å²) in [7, 11) is 1.85. The van der Waals surface area contributed by atoms with Gasteiger partial charge >= 0.3 is 0 Å². The molecule has 0 bridgehead atoms. The monoisotopic (exact) mass is 287 g/mol. The van der Waals surface area contributed by atoms with E-state index in [1.807, 2.05) is 31.3 Å². The van der Waals surface area contributed by atoms with E-state index in [-0.39, 0.29) is 11.9 Å². The van der Waals surface area contributed by atoms with Crippen LogP contribution in [0.5, 0.6) is 0 Å². The first-order valence-electron chi connectivity index (χ1n) is 6.81. The van der Waals surface area contributed by atoms with E-state index in [1.54, 1.807) is 10.9 Å². The summed E-state index contributed by atoms with van der Waals surface area (Å²) in [6.45, 7) is 0.447. The number of amides is 1. The van der Waals surface area contributed by atoms with Crippen molar-refractivity contribution in [1.29, 1.82) is 0 Å². The van der Waals surface area contributed by atoms with Crippen molar-refractivity contribution in [3.8, 4) is 11.4 Å². The van der Waals surface area contributed by atoms with Gasteiger partial charge in [-0.2, -0.15) is 0 Å². The fraction of sp³-hybridized carbons (Fsp3) is 0.357. The lowest BCUT2D eigenvalue weighted by atomic mass is 10.1. The molecule has 2 aromatic rings. The molecule has 7 nitrogen and oxygen atoms in total. The van der Waals surface area contributed by atoms with Crippen molar-refractivity contribution in [1.82, 2.24) is 20.1 Å². The van der Waals surface area contributed by atoms with Crippen LogP contribution in [0.4, 0.5) is 5.69 Å². The number of para-hydroxylation sites is 1. The van der Waals surface area contributed by atoms with Crippen LogP contribution in [0.25, 0.3) is 11.4 Å². The number of benzene rings is 1. The zero-order chi connectivity index (χ0) is 14.8. The molecule has 1 aromatic carbocycles. The van der Waals surface area contributed by atoms with E-state index in [1.165, 1.54) is 0 Å². The molecule has 0 radical (unpaired) electrons. The summed E-state index contributed by atoms with van der Waals surface area (Å²) in [6.07, 6.45) is 1.58. The van der Waals surface area contributed by atoms with Crippen LogP contribution >= 0.6 is 0 Å². The topological polar surface area (TPSA) is 92.1 Å². The molecule has 2 heterocycles. The van der Waals surface area contributed by atoms with Gasteiger partial charge in [0.05, 0.1) is 17.8 Å². The average Bonchev–Trinajstić information content (AvgIpc) is 3.08. The van der Waals surface area contributed by atoms with Gasteiger partial charge in [-0.3, -0.25) is 4.79 Å². The number of aliphatic hydroxyl groups excluding tert-OH is 1. The highest BCUT2D eigenvalue weighted by Gasteiger charge is 2.28. The SMILES string of the molecule is Cn1cnnc1-c1ccccc1NC(=O)C1CC(O)CN1. The minimum atomic E-state index is -0.463. The highest BCUT2D eigenvalue weighted by atomic mass is 16.3. The maximum Gasteiger partial charge on any atom is 0.241 e. The van der Waals surface area contributed by atoms with Crippen LogP contribution in [-0.4, -0.2) is 44.5 Å². The van der Waals surface area contributed by atoms with Gasteiger partial charge in [-0.05, 0) is 18.6 Å². The van der Waals surface area contributed by atoms with Crippen LogP contribution in [0.15, 0.2) is 30.6 Å². The second-order valence-electron chi connectivity index (χ2n) is 5.15. The molecule has 1 aromatic heterocycles. The smallest absolute Gasteiger partial charge is 0.241 e. The standard InChI is InChI=1S/C14H17N5O2/c1-19-8-16-18-13(19)10-4-2-3-5-11(10)17-14(21)12-6-9(20)7-15-12/h2-5,8-9,12,15,20H,6-7H2,1H3,(H,17,21). The predicted molar refractivity (Wildman–Crippen MR) is 77.5 cm³/mol. The number of aryl methyl sites for hydroxylation is 1. The number of β-amino-alcohol motifs (C(OH)–C–C–N with tert-alkyl or cyclic N) is 1. The van der Waals surface area contributed by atoms with Gasteiger partial charge in [0.1, 0.15) is 6.33 Å². The quantitative estimate of drug-likeness (QED) is 0.747. The number of hydrogen-bond donors (Lipinski definition) is 3. The molecule has 110 valence electrons. The summed E-state index contributed by atoms with van der Waals surface area (Å²) < 4.78 is 1.79. The Morgan fingerprint density at radius 2 is 2.29 bits per heavy atom. The van der Waals surface area contributed by atoms with Crippen LogP contribution in [0, 0.1) is 0 Å². The van der Waals surface area contributed by atoms with Crippen molar-refractivity contribution in [3.05, 3.63) is 30.6 Å². The first kappa shape index (κ1) is 13.7. The Kier molecular flexibility index (Phi) is 3.68. The molecule has 3 rings (SSSR count). The minimum Gasteiger partial charge on any atom is -0.392 e. The largest absolute Gasteiger partial charge is 0.392 e. The Morgan fingerprint density at radius 1 is 1.48 bits per heavy atom. The summed E-state index contributed by atoms with van der Waals surface area (Å²) in [5.41, 5.74) is 1.49. The second kappa shape index (κ2) is 5.63. The lowest BCUT2D eigenvalue weighted by Gasteiger charge is -2.14. The molecule has 7 heteroatoms. The third-order valence-electron chi connectivity index (χ3n) is 3.56. The van der Waals surface area contributed by atoms with Gasteiger partial charge in [0.15, 0.2) is 5.82 Å². The first-order valence-corrected chi connectivity index (χ1v) is 6.81. The number of carbonyl (C=O) groups is 1. The number of carbonyl (C=O) groups excluding carboxylic acids is 1. The van der Waals surface area contributed by atoms with Crippen molar-refractivity contribution in [2.45, 2.75) is 18.6 Å². The molecule has 2 atom stereocenters. The van der Waals surface area contributed by atoms with Crippen molar-refractivity contribution in [2.24, 2.45) is 7.05 Å². The Labute approximate surface area is 122 Å². The Morgan fingerprint density at radius 3 is 2.95 bits per heavy atom. The van der Waals surface area contributed by atoms with E-state index in [0.717, 1.165) is 5.56 Å².